The molecule has 0 saturated heterocycles. The third-order valence-corrected chi connectivity index (χ3v) is 2.79. The summed E-state index contributed by atoms with van der Waals surface area (Å²) in [4.78, 5) is 13.7. The maximum absolute atomic E-state index is 10.7. The Morgan fingerprint density at radius 3 is 2.93 bits per heavy atom. The van der Waals surface area contributed by atoms with E-state index in [1.165, 1.54) is 5.56 Å². The van der Waals surface area contributed by atoms with Crippen LogP contribution in [0.1, 0.15) is 23.0 Å². The van der Waals surface area contributed by atoms with Gasteiger partial charge in [-0.05, 0) is 12.0 Å². The van der Waals surface area contributed by atoms with Crippen LogP contribution in [0.15, 0.2) is 18.2 Å². The Morgan fingerprint density at radius 2 is 2.29 bits per heavy atom. The molecule has 0 fully saturated rings. The van der Waals surface area contributed by atoms with Gasteiger partial charge in [0, 0.05) is 5.39 Å². The highest BCUT2D eigenvalue weighted by molar-refractivity contribution is 6.38. The monoisotopic (exact) mass is 207 g/mol. The average molecular weight is 208 g/mol. The van der Waals surface area contributed by atoms with Gasteiger partial charge in [-0.15, -0.1) is 0 Å². The van der Waals surface area contributed by atoms with Crippen molar-refractivity contribution in [3.63, 3.8) is 0 Å². The minimum Gasteiger partial charge on any atom is -0.351 e. The van der Waals surface area contributed by atoms with E-state index in [-0.39, 0.29) is 0 Å². The van der Waals surface area contributed by atoms with E-state index in [1.807, 2.05) is 18.2 Å². The fourth-order valence-corrected chi connectivity index (χ4v) is 1.89. The van der Waals surface area contributed by atoms with Crippen LogP contribution in [-0.4, -0.2) is 11.3 Å². The van der Waals surface area contributed by atoms with Crippen molar-refractivity contribution in [3.8, 4) is 0 Å². The number of hydrogen-bond acceptors (Lipinski definition) is 1. The average Bonchev–Trinajstić information content (AvgIpc) is 2.55. The Balaban J connectivity index is 2.83. The number of fused-ring (bicyclic) bond motifs is 1. The molecule has 1 aromatic carbocycles. The third kappa shape index (κ3) is 1.23. The smallest absolute Gasteiger partial charge is 0.167 e. The third-order valence-electron chi connectivity index (χ3n) is 2.38. The number of hydrogen-bond donors (Lipinski definition) is 1. The van der Waals surface area contributed by atoms with Gasteiger partial charge in [-0.25, -0.2) is 0 Å². The van der Waals surface area contributed by atoms with Crippen molar-refractivity contribution in [2.24, 2.45) is 0 Å². The summed E-state index contributed by atoms with van der Waals surface area (Å²) in [7, 11) is 0. The molecule has 2 rings (SSSR count). The number of para-hydroxylation sites is 1. The van der Waals surface area contributed by atoms with Crippen LogP contribution in [-0.2, 0) is 6.42 Å². The van der Waals surface area contributed by atoms with Crippen LogP contribution in [0.4, 0.5) is 0 Å². The SMILES string of the molecule is CCc1cccc2c(Cl)c(C=O)[nH]c12. The first-order valence-electron chi connectivity index (χ1n) is 4.52. The van der Waals surface area contributed by atoms with Gasteiger partial charge in [0.1, 0.15) is 0 Å². The molecule has 0 atom stereocenters. The Bertz CT molecular complexity index is 487. The van der Waals surface area contributed by atoms with Crippen molar-refractivity contribution < 1.29 is 4.79 Å². The van der Waals surface area contributed by atoms with E-state index in [1.54, 1.807) is 0 Å². The second-order valence-electron chi connectivity index (χ2n) is 3.16. The fourth-order valence-electron chi connectivity index (χ4n) is 1.64. The molecule has 2 nitrogen and oxygen atoms in total. The summed E-state index contributed by atoms with van der Waals surface area (Å²) in [6.07, 6.45) is 1.67. The molecular formula is C11H10ClNO. The van der Waals surface area contributed by atoms with Crippen LogP contribution in [0, 0.1) is 0 Å². The topological polar surface area (TPSA) is 32.9 Å². The van der Waals surface area contributed by atoms with Gasteiger partial charge in [0.05, 0.1) is 16.2 Å². The molecule has 2 aromatic rings. The van der Waals surface area contributed by atoms with Gasteiger partial charge in [-0.3, -0.25) is 4.79 Å². The second-order valence-corrected chi connectivity index (χ2v) is 3.54. The molecule has 0 unspecified atom stereocenters. The predicted octanol–water partition coefficient (Wildman–Crippen LogP) is 3.20. The molecule has 1 N–H and O–H groups in total. The van der Waals surface area contributed by atoms with Gasteiger partial charge in [0.15, 0.2) is 6.29 Å². The fraction of sp³-hybridized carbons (Fsp3) is 0.182. The maximum atomic E-state index is 10.7. The Hall–Kier alpha value is -1.28. The van der Waals surface area contributed by atoms with Crippen molar-refractivity contribution in [2.75, 3.05) is 0 Å². The lowest BCUT2D eigenvalue weighted by Crippen LogP contribution is -1.82. The molecule has 0 aliphatic carbocycles. The first-order chi connectivity index (χ1) is 6.77. The highest BCUT2D eigenvalue weighted by atomic mass is 35.5. The number of halogens is 1. The molecule has 0 aliphatic heterocycles. The lowest BCUT2D eigenvalue weighted by Gasteiger charge is -1.97. The van der Waals surface area contributed by atoms with Crippen LogP contribution in [0.2, 0.25) is 5.02 Å². The molecule has 0 spiro atoms. The maximum Gasteiger partial charge on any atom is 0.167 e. The molecule has 0 saturated carbocycles. The molecule has 0 bridgehead atoms. The van der Waals surface area contributed by atoms with Gasteiger partial charge in [0.25, 0.3) is 0 Å². The quantitative estimate of drug-likeness (QED) is 0.754. The van der Waals surface area contributed by atoms with Crippen LogP contribution >= 0.6 is 11.6 Å². The molecule has 72 valence electrons. The van der Waals surface area contributed by atoms with Gasteiger partial charge in [-0.1, -0.05) is 36.7 Å². The molecule has 3 heteroatoms. The number of nitrogens with one attached hydrogen (secondary N) is 1. The molecule has 1 heterocycles. The number of carbonyl (C=O) groups is 1. The Kier molecular flexibility index (Phi) is 2.30. The zero-order chi connectivity index (χ0) is 10.1. The zero-order valence-electron chi connectivity index (χ0n) is 7.80. The largest absolute Gasteiger partial charge is 0.351 e. The first-order valence-corrected chi connectivity index (χ1v) is 4.90. The van der Waals surface area contributed by atoms with Crippen molar-refractivity contribution >= 4 is 28.8 Å². The molecule has 14 heavy (non-hydrogen) atoms. The highest BCUT2D eigenvalue weighted by Gasteiger charge is 2.10. The first kappa shape index (κ1) is 9.28. The lowest BCUT2D eigenvalue weighted by molar-refractivity contribution is 0.112. The summed E-state index contributed by atoms with van der Waals surface area (Å²) in [6, 6.07) is 5.90. The summed E-state index contributed by atoms with van der Waals surface area (Å²) in [5.74, 6) is 0. The summed E-state index contributed by atoms with van der Waals surface area (Å²) >= 11 is 6.02. The van der Waals surface area contributed by atoms with E-state index >= 15 is 0 Å². The normalized spacial score (nSPS) is 10.7. The van der Waals surface area contributed by atoms with Crippen molar-refractivity contribution in [1.29, 1.82) is 0 Å². The number of aryl methyl sites for hydroxylation is 1. The van der Waals surface area contributed by atoms with Crippen LogP contribution in [0.3, 0.4) is 0 Å². The van der Waals surface area contributed by atoms with Crippen LogP contribution in [0.5, 0.6) is 0 Å². The lowest BCUT2D eigenvalue weighted by atomic mass is 10.1. The second kappa shape index (κ2) is 3.46. The van der Waals surface area contributed by atoms with E-state index in [0.717, 1.165) is 23.6 Å². The molecule has 1 aromatic heterocycles. The predicted molar refractivity (Wildman–Crippen MR) is 58.1 cm³/mol. The van der Waals surface area contributed by atoms with Gasteiger partial charge in [0.2, 0.25) is 0 Å². The summed E-state index contributed by atoms with van der Waals surface area (Å²) in [5, 5.41) is 1.44. The number of aromatic amines is 1. The van der Waals surface area contributed by atoms with E-state index in [4.69, 9.17) is 11.6 Å². The van der Waals surface area contributed by atoms with Crippen LogP contribution < -0.4 is 0 Å². The number of aldehydes is 1. The minimum atomic E-state index is 0.461. The number of aromatic nitrogens is 1. The number of H-pyrrole nitrogens is 1. The summed E-state index contributed by atoms with van der Waals surface area (Å²) in [6.45, 7) is 2.07. The van der Waals surface area contributed by atoms with Crippen LogP contribution in [0.25, 0.3) is 10.9 Å². The minimum absolute atomic E-state index is 0.461. The van der Waals surface area contributed by atoms with E-state index < -0.39 is 0 Å². The van der Waals surface area contributed by atoms with Crippen molar-refractivity contribution in [2.45, 2.75) is 13.3 Å². The number of benzene rings is 1. The highest BCUT2D eigenvalue weighted by Crippen LogP contribution is 2.28. The van der Waals surface area contributed by atoms with E-state index in [0.29, 0.717) is 10.7 Å². The van der Waals surface area contributed by atoms with Gasteiger partial charge in [-0.2, -0.15) is 0 Å². The molecule has 0 radical (unpaired) electrons. The molecular weight excluding hydrogens is 198 g/mol. The van der Waals surface area contributed by atoms with E-state index in [2.05, 4.69) is 11.9 Å². The number of carbonyl (C=O) groups excluding carboxylic acids is 1. The van der Waals surface area contributed by atoms with Gasteiger partial charge < -0.3 is 4.98 Å². The van der Waals surface area contributed by atoms with Crippen molar-refractivity contribution in [1.82, 2.24) is 4.98 Å². The standard InChI is InChI=1S/C11H10ClNO/c1-2-7-4-3-5-8-10(12)9(6-14)13-11(7)8/h3-6,13H,2H2,1H3. The zero-order valence-corrected chi connectivity index (χ0v) is 8.56. The Morgan fingerprint density at radius 1 is 1.50 bits per heavy atom. The number of rotatable bonds is 2. The molecule has 0 amide bonds. The summed E-state index contributed by atoms with van der Waals surface area (Å²) in [5.41, 5.74) is 2.61. The van der Waals surface area contributed by atoms with Crippen molar-refractivity contribution in [3.05, 3.63) is 34.5 Å². The summed E-state index contributed by atoms with van der Waals surface area (Å²) < 4.78 is 0. The molecule has 0 aliphatic rings. The van der Waals surface area contributed by atoms with Gasteiger partial charge >= 0.3 is 0 Å². The van der Waals surface area contributed by atoms with E-state index in [9.17, 15) is 4.79 Å². The Labute approximate surface area is 86.9 Å².